The number of carbonyl (C=O) groups excluding carboxylic acids is 2. The predicted octanol–water partition coefficient (Wildman–Crippen LogP) is 5.65. The molecule has 1 unspecified atom stereocenters. The number of rotatable bonds is 4. The highest BCUT2D eigenvalue weighted by Crippen LogP contribution is 2.66. The summed E-state index contributed by atoms with van der Waals surface area (Å²) in [7, 11) is 3.63. The Morgan fingerprint density at radius 3 is 2.49 bits per heavy atom. The van der Waals surface area contributed by atoms with Gasteiger partial charge in [-0.05, 0) is 93.2 Å². The molecule has 3 fully saturated rings. The Morgan fingerprint density at radius 1 is 1.09 bits per heavy atom. The van der Waals surface area contributed by atoms with Gasteiger partial charge in [-0.1, -0.05) is 32.1 Å². The summed E-state index contributed by atoms with van der Waals surface area (Å²) in [6.07, 6.45) is 9.38. The van der Waals surface area contributed by atoms with Gasteiger partial charge in [-0.3, -0.25) is 9.59 Å². The van der Waals surface area contributed by atoms with Gasteiger partial charge >= 0.3 is 0 Å². The van der Waals surface area contributed by atoms with Crippen LogP contribution in [-0.2, 0) is 15.1 Å². The summed E-state index contributed by atoms with van der Waals surface area (Å²) in [5, 5.41) is 3.41. The standard InChI is InChI=1S/C30H42N2O3/c1-28(2,19-7-9-20(35-6)10-8-19)31-27(34)24-13-12-22-21-11-14-25-30(4,18-16-26(33)32(25)5)23(21)15-17-29(22,24)3/h7-10,14,21-24H,11-13,15-18H2,1-6H3,(H,31,34)/t21-,22-,23+,24?,29-,30+/m0/s1. The first-order chi connectivity index (χ1) is 16.5. The third-order valence-electron chi connectivity index (χ3n) is 10.6. The maximum absolute atomic E-state index is 13.8. The minimum atomic E-state index is -0.440. The first-order valence-electron chi connectivity index (χ1n) is 13.4. The average molecular weight is 479 g/mol. The minimum Gasteiger partial charge on any atom is -0.497 e. The second-order valence-corrected chi connectivity index (χ2v) is 12.6. The fourth-order valence-corrected chi connectivity index (χ4v) is 8.49. The number of allylic oxidation sites excluding steroid dienone is 2. The van der Waals surface area contributed by atoms with Crippen molar-refractivity contribution < 1.29 is 14.3 Å². The van der Waals surface area contributed by atoms with Crippen molar-refractivity contribution in [2.24, 2.45) is 34.5 Å². The fourth-order valence-electron chi connectivity index (χ4n) is 8.49. The number of likely N-dealkylation sites (tertiary alicyclic amines) is 1. The van der Waals surface area contributed by atoms with Gasteiger partial charge < -0.3 is 15.0 Å². The number of piperidine rings is 1. The smallest absolute Gasteiger partial charge is 0.226 e. The number of methoxy groups -OCH3 is 1. The summed E-state index contributed by atoms with van der Waals surface area (Å²) in [5.41, 5.74) is 2.03. The Balaban J connectivity index is 1.35. The van der Waals surface area contributed by atoms with Crippen LogP contribution in [-0.4, -0.2) is 30.9 Å². The molecule has 5 rings (SSSR count). The molecule has 1 saturated heterocycles. The molecule has 2 saturated carbocycles. The average Bonchev–Trinajstić information content (AvgIpc) is 3.19. The van der Waals surface area contributed by atoms with Gasteiger partial charge in [0.25, 0.3) is 0 Å². The van der Waals surface area contributed by atoms with Gasteiger partial charge in [-0.2, -0.15) is 0 Å². The van der Waals surface area contributed by atoms with E-state index in [1.54, 1.807) is 7.11 Å². The molecule has 3 aliphatic carbocycles. The second kappa shape index (κ2) is 8.38. The zero-order chi connectivity index (χ0) is 25.2. The predicted molar refractivity (Wildman–Crippen MR) is 138 cm³/mol. The highest BCUT2D eigenvalue weighted by Gasteiger charge is 2.60. The number of benzene rings is 1. The van der Waals surface area contributed by atoms with Gasteiger partial charge in [0.1, 0.15) is 5.75 Å². The van der Waals surface area contributed by atoms with Crippen LogP contribution in [0.1, 0.15) is 78.2 Å². The van der Waals surface area contributed by atoms with E-state index in [-0.39, 0.29) is 28.6 Å². The molecule has 1 N–H and O–H groups in total. The highest BCUT2D eigenvalue weighted by molar-refractivity contribution is 5.81. The maximum Gasteiger partial charge on any atom is 0.226 e. The summed E-state index contributed by atoms with van der Waals surface area (Å²) in [6.45, 7) is 8.97. The monoisotopic (exact) mass is 478 g/mol. The van der Waals surface area contributed by atoms with Crippen molar-refractivity contribution in [1.29, 1.82) is 0 Å². The Hall–Kier alpha value is -2.30. The SMILES string of the molecule is COc1ccc(C(C)(C)NC(=O)C2CC[C@H]3[C@@H]4CC=C5N(C)C(=O)CC[C@]5(C)[C@@H]4CC[C@]23C)cc1. The lowest BCUT2D eigenvalue weighted by molar-refractivity contribution is -0.139. The van der Waals surface area contributed by atoms with Crippen molar-refractivity contribution >= 4 is 11.8 Å². The quantitative estimate of drug-likeness (QED) is 0.608. The van der Waals surface area contributed by atoms with Crippen LogP contribution < -0.4 is 10.1 Å². The highest BCUT2D eigenvalue weighted by atomic mass is 16.5. The van der Waals surface area contributed by atoms with E-state index < -0.39 is 5.54 Å². The van der Waals surface area contributed by atoms with Crippen molar-refractivity contribution in [3.05, 3.63) is 41.6 Å². The van der Waals surface area contributed by atoms with Crippen LogP contribution in [0.15, 0.2) is 36.0 Å². The Kier molecular flexibility index (Phi) is 5.84. The first kappa shape index (κ1) is 24.4. The molecule has 4 aliphatic rings. The molecule has 190 valence electrons. The van der Waals surface area contributed by atoms with Crippen molar-refractivity contribution in [2.45, 2.75) is 78.2 Å². The van der Waals surface area contributed by atoms with E-state index in [4.69, 9.17) is 4.74 Å². The number of hydrogen-bond acceptors (Lipinski definition) is 3. The topological polar surface area (TPSA) is 58.6 Å². The molecular weight excluding hydrogens is 436 g/mol. The molecule has 0 aromatic heterocycles. The molecule has 0 spiro atoms. The molecule has 0 bridgehead atoms. The van der Waals surface area contributed by atoms with Gasteiger partial charge in [0, 0.05) is 30.5 Å². The lowest BCUT2D eigenvalue weighted by Crippen LogP contribution is -2.55. The van der Waals surface area contributed by atoms with E-state index in [1.165, 1.54) is 5.70 Å². The van der Waals surface area contributed by atoms with E-state index in [9.17, 15) is 9.59 Å². The third-order valence-corrected chi connectivity index (χ3v) is 10.6. The number of amides is 2. The Bertz CT molecular complexity index is 1040. The zero-order valence-corrected chi connectivity index (χ0v) is 22.3. The second-order valence-electron chi connectivity index (χ2n) is 12.6. The number of fused-ring (bicyclic) bond motifs is 5. The number of hydrogen-bond donors (Lipinski definition) is 1. The molecule has 2 amide bonds. The van der Waals surface area contributed by atoms with Crippen LogP contribution in [0.25, 0.3) is 0 Å². The van der Waals surface area contributed by atoms with Crippen LogP contribution in [0.3, 0.4) is 0 Å². The largest absolute Gasteiger partial charge is 0.497 e. The number of carbonyl (C=O) groups is 2. The van der Waals surface area contributed by atoms with Gasteiger partial charge in [-0.15, -0.1) is 0 Å². The summed E-state index contributed by atoms with van der Waals surface area (Å²) in [6, 6.07) is 8.00. The summed E-state index contributed by atoms with van der Waals surface area (Å²) >= 11 is 0. The molecule has 0 radical (unpaired) electrons. The van der Waals surface area contributed by atoms with E-state index in [0.29, 0.717) is 24.2 Å². The van der Waals surface area contributed by atoms with E-state index in [1.807, 2.05) is 36.2 Å². The fraction of sp³-hybridized carbons (Fsp3) is 0.667. The van der Waals surface area contributed by atoms with E-state index in [2.05, 4.69) is 39.1 Å². The number of nitrogens with zero attached hydrogens (tertiary/aromatic N) is 1. The van der Waals surface area contributed by atoms with Gasteiger partial charge in [-0.25, -0.2) is 0 Å². The number of nitrogens with one attached hydrogen (secondary N) is 1. The van der Waals surface area contributed by atoms with Crippen LogP contribution in [0.4, 0.5) is 0 Å². The van der Waals surface area contributed by atoms with Crippen LogP contribution in [0, 0.1) is 34.5 Å². The van der Waals surface area contributed by atoms with Gasteiger partial charge in [0.2, 0.25) is 11.8 Å². The lowest BCUT2D eigenvalue weighted by atomic mass is 9.49. The maximum atomic E-state index is 13.8. The summed E-state index contributed by atoms with van der Waals surface area (Å²) < 4.78 is 5.30. The molecular formula is C30H42N2O3. The zero-order valence-electron chi connectivity index (χ0n) is 22.3. The molecule has 6 atom stereocenters. The van der Waals surface area contributed by atoms with Crippen LogP contribution >= 0.6 is 0 Å². The van der Waals surface area contributed by atoms with Gasteiger partial charge in [0.15, 0.2) is 0 Å². The van der Waals surface area contributed by atoms with Crippen molar-refractivity contribution in [3.8, 4) is 5.75 Å². The Morgan fingerprint density at radius 2 is 1.80 bits per heavy atom. The van der Waals surface area contributed by atoms with Crippen molar-refractivity contribution in [2.75, 3.05) is 14.2 Å². The molecule has 5 nitrogen and oxygen atoms in total. The lowest BCUT2D eigenvalue weighted by Gasteiger charge is -2.58. The minimum absolute atomic E-state index is 0.0410. The molecule has 1 heterocycles. The first-order valence-corrected chi connectivity index (χ1v) is 13.4. The molecule has 1 aliphatic heterocycles. The molecule has 1 aromatic rings. The Labute approximate surface area is 210 Å². The molecule has 35 heavy (non-hydrogen) atoms. The van der Waals surface area contributed by atoms with Crippen molar-refractivity contribution in [1.82, 2.24) is 10.2 Å². The van der Waals surface area contributed by atoms with Crippen LogP contribution in [0.2, 0.25) is 0 Å². The normalized spacial score (nSPS) is 36.6. The summed E-state index contributed by atoms with van der Waals surface area (Å²) in [4.78, 5) is 28.1. The third kappa shape index (κ3) is 3.72. The molecule has 1 aromatic carbocycles. The van der Waals surface area contributed by atoms with E-state index in [0.717, 1.165) is 49.8 Å². The summed E-state index contributed by atoms with van der Waals surface area (Å²) in [5.74, 6) is 3.12. The number of ether oxygens (including phenoxy) is 1. The van der Waals surface area contributed by atoms with Crippen molar-refractivity contribution in [3.63, 3.8) is 0 Å². The molecule has 5 heteroatoms. The van der Waals surface area contributed by atoms with Crippen LogP contribution in [0.5, 0.6) is 5.75 Å². The van der Waals surface area contributed by atoms with Gasteiger partial charge in [0.05, 0.1) is 12.6 Å². The van der Waals surface area contributed by atoms with E-state index >= 15 is 0 Å².